The van der Waals surface area contributed by atoms with Crippen LogP contribution in [0.5, 0.6) is 0 Å². The van der Waals surface area contributed by atoms with E-state index in [0.29, 0.717) is 0 Å². The number of nitrogens with one attached hydrogen (secondary N) is 1. The third-order valence-corrected chi connectivity index (χ3v) is 0.765. The van der Waals surface area contributed by atoms with E-state index in [1.165, 1.54) is 0 Å². The van der Waals surface area contributed by atoms with Crippen LogP contribution in [0.25, 0.3) is 5.43 Å². The van der Waals surface area contributed by atoms with E-state index in [-0.39, 0.29) is 0 Å². The molecule has 1 aliphatic heterocycles. The topological polar surface area (TPSA) is 29.4 Å². The molecule has 0 unspecified atom stereocenters. The normalized spacial score (nSPS) is 19.1. The lowest BCUT2D eigenvalue weighted by Gasteiger charge is -2.17. The molecule has 1 rings (SSSR count). The summed E-state index contributed by atoms with van der Waals surface area (Å²) in [6.07, 6.45) is 1.92. The van der Waals surface area contributed by atoms with Crippen LogP contribution in [0.3, 0.4) is 0 Å². The van der Waals surface area contributed by atoms with Gasteiger partial charge in [-0.1, -0.05) is 6.92 Å². The van der Waals surface area contributed by atoms with Crippen LogP contribution in [-0.2, 0) is 0 Å². The van der Waals surface area contributed by atoms with E-state index in [2.05, 4.69) is 11.0 Å². The van der Waals surface area contributed by atoms with Crippen molar-refractivity contribution < 1.29 is 0 Å². The number of rotatable bonds is 0. The van der Waals surface area contributed by atoms with Gasteiger partial charge in [-0.25, -0.2) is 0 Å². The van der Waals surface area contributed by atoms with E-state index in [0.717, 1.165) is 5.70 Å². The van der Waals surface area contributed by atoms with Gasteiger partial charge in [-0.3, -0.25) is 0 Å². The van der Waals surface area contributed by atoms with Crippen LogP contribution >= 0.6 is 0 Å². The average Bonchev–Trinajstić information content (AvgIpc) is 1.87. The van der Waals surface area contributed by atoms with Crippen molar-refractivity contribution in [2.45, 2.75) is 6.92 Å². The molecule has 0 saturated carbocycles. The first kappa shape index (κ1) is 4.46. The van der Waals surface area contributed by atoms with Gasteiger partial charge in [-0.15, -0.1) is 5.70 Å². The molecule has 0 aromatic heterocycles. The van der Waals surface area contributed by atoms with Gasteiger partial charge in [0.25, 0.3) is 0 Å². The van der Waals surface area contributed by atoms with Gasteiger partial charge in [-0.2, -0.15) is 0 Å². The van der Waals surface area contributed by atoms with E-state index < -0.39 is 0 Å². The Hall–Kier alpha value is -0.700. The van der Waals surface area contributed by atoms with Gasteiger partial charge in [0.15, 0.2) is 0 Å². The van der Waals surface area contributed by atoms with Gasteiger partial charge in [0.05, 0.1) is 0 Å². The predicted molar refractivity (Wildman–Crippen MR) is 28.0 cm³/mol. The number of hydrogen-bond acceptors (Lipinski definition) is 2. The Balaban J connectivity index is 2.50. The Morgan fingerprint density at radius 1 is 1.86 bits per heavy atom. The third-order valence-electron chi connectivity index (χ3n) is 0.765. The van der Waals surface area contributed by atoms with Gasteiger partial charge in [0, 0.05) is 7.05 Å². The van der Waals surface area contributed by atoms with Gasteiger partial charge >= 0.3 is 0 Å². The molecule has 0 bridgehead atoms. The molecule has 0 amide bonds. The Morgan fingerprint density at radius 2 is 2.57 bits per heavy atom. The summed E-state index contributed by atoms with van der Waals surface area (Å²) in [5.74, 6) is 0. The molecule has 0 fully saturated rings. The van der Waals surface area contributed by atoms with Crippen molar-refractivity contribution in [1.82, 2.24) is 10.5 Å². The molecule has 0 saturated heterocycles. The van der Waals surface area contributed by atoms with Crippen molar-refractivity contribution in [2.75, 3.05) is 7.05 Å². The van der Waals surface area contributed by atoms with E-state index >= 15 is 0 Å². The van der Waals surface area contributed by atoms with Crippen LogP contribution in [0.1, 0.15) is 6.92 Å². The lowest BCUT2D eigenvalue weighted by molar-refractivity contribution is 0.399. The number of hydrogen-bond donors (Lipinski definition) is 1. The molecule has 40 valence electrons. The predicted octanol–water partition coefficient (Wildman–Crippen LogP) is 0.586. The molecular formula is C4H8N3-. The molecule has 0 radical (unpaired) electrons. The Bertz CT molecular complexity index is 97.1. The smallest absolute Gasteiger partial charge is 0.0211 e. The van der Waals surface area contributed by atoms with Crippen LogP contribution < -0.4 is 5.53 Å². The van der Waals surface area contributed by atoms with Gasteiger partial charge < -0.3 is 16.0 Å². The number of allylic oxidation sites excluding steroid dienone is 1. The fourth-order valence-corrected chi connectivity index (χ4v) is 0.496. The van der Waals surface area contributed by atoms with Gasteiger partial charge in [0.2, 0.25) is 0 Å². The van der Waals surface area contributed by atoms with E-state index in [9.17, 15) is 0 Å². The molecule has 7 heavy (non-hydrogen) atoms. The van der Waals surface area contributed by atoms with Crippen LogP contribution in [0.4, 0.5) is 0 Å². The van der Waals surface area contributed by atoms with Crippen molar-refractivity contribution in [3.05, 3.63) is 17.3 Å². The van der Waals surface area contributed by atoms with E-state index in [4.69, 9.17) is 0 Å². The Morgan fingerprint density at radius 3 is 2.71 bits per heavy atom. The molecule has 3 heteroatoms. The standard InChI is InChI=1S/C4H8N3/c1-4-3-7(2)6-5-4/h3,6H,1-2H3/q-1. The highest BCUT2D eigenvalue weighted by Crippen LogP contribution is 2.06. The highest BCUT2D eigenvalue weighted by Gasteiger charge is 1.86. The molecule has 1 aliphatic rings. The molecule has 0 aliphatic carbocycles. The second-order valence-electron chi connectivity index (χ2n) is 1.59. The second kappa shape index (κ2) is 1.42. The molecule has 3 nitrogen and oxygen atoms in total. The first-order chi connectivity index (χ1) is 3.29. The monoisotopic (exact) mass is 98.1 g/mol. The number of nitrogens with zero attached hydrogens (tertiary/aromatic N) is 2. The molecule has 1 heterocycles. The highest BCUT2D eigenvalue weighted by atomic mass is 15.7. The van der Waals surface area contributed by atoms with Crippen LogP contribution in [-0.4, -0.2) is 12.1 Å². The lowest BCUT2D eigenvalue weighted by atomic mass is 10.6. The third kappa shape index (κ3) is 0.838. The largest absolute Gasteiger partial charge is 0.606 e. The van der Waals surface area contributed by atoms with Gasteiger partial charge in [0.1, 0.15) is 0 Å². The molecule has 0 aromatic rings. The second-order valence-corrected chi connectivity index (χ2v) is 1.59. The minimum Gasteiger partial charge on any atom is -0.606 e. The highest BCUT2D eigenvalue weighted by molar-refractivity contribution is 5.14. The van der Waals surface area contributed by atoms with Crippen LogP contribution in [0.15, 0.2) is 11.9 Å². The van der Waals surface area contributed by atoms with E-state index in [1.807, 2.05) is 20.2 Å². The molecule has 1 N–H and O–H groups in total. The van der Waals surface area contributed by atoms with Crippen molar-refractivity contribution in [1.29, 1.82) is 0 Å². The summed E-state index contributed by atoms with van der Waals surface area (Å²) in [4.78, 5) is 0. The lowest BCUT2D eigenvalue weighted by Crippen LogP contribution is -2.19. The summed E-state index contributed by atoms with van der Waals surface area (Å²) in [6, 6.07) is 0. The maximum atomic E-state index is 3.85. The summed E-state index contributed by atoms with van der Waals surface area (Å²) >= 11 is 0. The SMILES string of the molecule is CC1=CN(C)N[N-]1. The average molecular weight is 98.1 g/mol. The molecule has 0 aromatic carbocycles. The zero-order chi connectivity index (χ0) is 5.28. The van der Waals surface area contributed by atoms with Crippen LogP contribution in [0.2, 0.25) is 0 Å². The summed E-state index contributed by atoms with van der Waals surface area (Å²) < 4.78 is 0. The fraction of sp³-hybridized carbons (Fsp3) is 0.500. The zero-order valence-corrected chi connectivity index (χ0v) is 4.47. The zero-order valence-electron chi connectivity index (χ0n) is 4.47. The molecule has 0 spiro atoms. The van der Waals surface area contributed by atoms with E-state index in [1.54, 1.807) is 5.01 Å². The fourth-order valence-electron chi connectivity index (χ4n) is 0.496. The summed E-state index contributed by atoms with van der Waals surface area (Å²) in [6.45, 7) is 1.94. The van der Waals surface area contributed by atoms with Crippen LogP contribution in [0, 0.1) is 0 Å². The summed E-state index contributed by atoms with van der Waals surface area (Å²) in [7, 11) is 1.90. The Labute approximate surface area is 42.9 Å². The summed E-state index contributed by atoms with van der Waals surface area (Å²) in [5.41, 5.74) is 7.61. The van der Waals surface area contributed by atoms with Crippen molar-refractivity contribution >= 4 is 0 Å². The maximum Gasteiger partial charge on any atom is 0.0211 e. The Kier molecular flexibility index (Phi) is 0.906. The van der Waals surface area contributed by atoms with Crippen molar-refractivity contribution in [2.24, 2.45) is 0 Å². The maximum absolute atomic E-state index is 3.85. The molecular weight excluding hydrogens is 90.1 g/mol. The van der Waals surface area contributed by atoms with Gasteiger partial charge in [-0.05, 0) is 6.20 Å². The van der Waals surface area contributed by atoms with Crippen molar-refractivity contribution in [3.8, 4) is 0 Å². The minimum atomic E-state index is 1.02. The first-order valence-corrected chi connectivity index (χ1v) is 2.16. The first-order valence-electron chi connectivity index (χ1n) is 2.16. The summed E-state index contributed by atoms with van der Waals surface area (Å²) in [5, 5.41) is 1.80. The number of hydrazine groups is 1. The molecule has 0 atom stereocenters. The quantitative estimate of drug-likeness (QED) is 0.480. The minimum absolute atomic E-state index is 1.02. The van der Waals surface area contributed by atoms with Crippen molar-refractivity contribution in [3.63, 3.8) is 0 Å².